The monoisotopic (exact) mass is 135 g/mol. The summed E-state index contributed by atoms with van der Waals surface area (Å²) in [6.45, 7) is 0. The molecule has 0 saturated heterocycles. The Morgan fingerprint density at radius 3 is 3.20 bits per heavy atom. The minimum Gasteiger partial charge on any atom is -0.856 e. The van der Waals surface area contributed by atoms with E-state index >= 15 is 0 Å². The van der Waals surface area contributed by atoms with Crippen LogP contribution in [0.25, 0.3) is 11.0 Å². The first-order valence-corrected chi connectivity index (χ1v) is 2.70. The Bertz CT molecular complexity index is 355. The molecule has 2 heterocycles. The average Bonchev–Trinajstić information content (AvgIpc) is 2.36. The third-order valence-corrected chi connectivity index (χ3v) is 1.21. The second kappa shape index (κ2) is 1.66. The van der Waals surface area contributed by atoms with Gasteiger partial charge in [0.1, 0.15) is 5.52 Å². The lowest BCUT2D eigenvalue weighted by Crippen LogP contribution is -1.96. The normalized spacial score (nSPS) is 10.4. The number of hydrogen-bond acceptors (Lipinski definition) is 4. The Morgan fingerprint density at radius 1 is 1.50 bits per heavy atom. The predicted octanol–water partition coefficient (Wildman–Crippen LogP) is -0.574. The van der Waals surface area contributed by atoms with Gasteiger partial charge in [0.25, 0.3) is 0 Å². The number of imidazole rings is 1. The molecule has 0 bridgehead atoms. The molecule has 10 heavy (non-hydrogen) atoms. The van der Waals surface area contributed by atoms with Crippen molar-refractivity contribution < 1.29 is 5.11 Å². The Kier molecular flexibility index (Phi) is 0.858. The molecule has 1 N–H and O–H groups in total. The van der Waals surface area contributed by atoms with Crippen LogP contribution in [-0.2, 0) is 0 Å². The molecule has 0 aliphatic carbocycles. The van der Waals surface area contributed by atoms with Gasteiger partial charge in [-0.1, -0.05) is 0 Å². The SMILES string of the molecule is [O-]c1nncc2[nH]cnc12. The van der Waals surface area contributed by atoms with E-state index in [1.165, 1.54) is 12.5 Å². The first-order valence-electron chi connectivity index (χ1n) is 2.70. The lowest BCUT2D eigenvalue weighted by atomic mass is 10.5. The fourth-order valence-corrected chi connectivity index (χ4v) is 0.760. The van der Waals surface area contributed by atoms with Crippen LogP contribution in [0.5, 0.6) is 5.88 Å². The summed E-state index contributed by atoms with van der Waals surface area (Å²) < 4.78 is 0. The molecule has 2 aromatic heterocycles. The Balaban J connectivity index is 2.95. The van der Waals surface area contributed by atoms with E-state index in [-0.39, 0.29) is 0 Å². The number of nitrogens with one attached hydrogen (secondary N) is 1. The van der Waals surface area contributed by atoms with Crippen LogP contribution in [-0.4, -0.2) is 20.2 Å². The molecule has 0 aromatic carbocycles. The summed E-state index contributed by atoms with van der Waals surface area (Å²) in [5, 5.41) is 17.5. The molecule has 0 aliphatic rings. The number of rotatable bonds is 0. The Morgan fingerprint density at radius 2 is 2.40 bits per heavy atom. The number of fused-ring (bicyclic) bond motifs is 1. The van der Waals surface area contributed by atoms with Gasteiger partial charge in [0.2, 0.25) is 0 Å². The Labute approximate surface area is 55.7 Å². The van der Waals surface area contributed by atoms with Crippen LogP contribution < -0.4 is 5.11 Å². The van der Waals surface area contributed by atoms with Crippen LogP contribution in [0.1, 0.15) is 0 Å². The van der Waals surface area contributed by atoms with Crippen molar-refractivity contribution in [1.29, 1.82) is 0 Å². The third-order valence-electron chi connectivity index (χ3n) is 1.21. The first-order chi connectivity index (χ1) is 4.88. The third kappa shape index (κ3) is 0.540. The highest BCUT2D eigenvalue weighted by molar-refractivity contribution is 5.77. The van der Waals surface area contributed by atoms with E-state index in [0.717, 1.165) is 0 Å². The van der Waals surface area contributed by atoms with Gasteiger partial charge in [0, 0.05) is 5.88 Å². The predicted molar refractivity (Wildman–Crippen MR) is 31.1 cm³/mol. The highest BCUT2D eigenvalue weighted by atomic mass is 16.3. The minimum absolute atomic E-state index is 0.343. The second-order valence-corrected chi connectivity index (χ2v) is 1.81. The summed E-state index contributed by atoms with van der Waals surface area (Å²) in [4.78, 5) is 6.49. The van der Waals surface area contributed by atoms with Gasteiger partial charge in [-0.3, -0.25) is 0 Å². The van der Waals surface area contributed by atoms with Gasteiger partial charge >= 0.3 is 0 Å². The number of aromatic amines is 1. The van der Waals surface area contributed by atoms with E-state index in [0.29, 0.717) is 11.0 Å². The fraction of sp³-hybridized carbons (Fsp3) is 0. The van der Waals surface area contributed by atoms with E-state index in [4.69, 9.17) is 0 Å². The van der Waals surface area contributed by atoms with Crippen LogP contribution in [0.3, 0.4) is 0 Å². The fourth-order valence-electron chi connectivity index (χ4n) is 0.760. The first kappa shape index (κ1) is 5.16. The van der Waals surface area contributed by atoms with Crippen molar-refractivity contribution in [3.63, 3.8) is 0 Å². The highest BCUT2D eigenvalue weighted by Gasteiger charge is 1.94. The molecule has 0 radical (unpaired) electrons. The molecular weight excluding hydrogens is 132 g/mol. The number of nitrogens with zero attached hydrogens (tertiary/aromatic N) is 3. The van der Waals surface area contributed by atoms with Crippen molar-refractivity contribution in [2.45, 2.75) is 0 Å². The van der Waals surface area contributed by atoms with Crippen molar-refractivity contribution in [1.82, 2.24) is 20.2 Å². The van der Waals surface area contributed by atoms with Crippen LogP contribution in [0.2, 0.25) is 0 Å². The molecule has 5 heteroatoms. The van der Waals surface area contributed by atoms with E-state index < -0.39 is 5.88 Å². The molecule has 0 amide bonds. The largest absolute Gasteiger partial charge is 0.856 e. The lowest BCUT2D eigenvalue weighted by Gasteiger charge is -1.99. The van der Waals surface area contributed by atoms with Crippen molar-refractivity contribution >= 4 is 11.0 Å². The van der Waals surface area contributed by atoms with Gasteiger partial charge in [-0.05, 0) is 0 Å². The average molecular weight is 135 g/mol. The van der Waals surface area contributed by atoms with Crippen LogP contribution in [0.4, 0.5) is 0 Å². The van der Waals surface area contributed by atoms with Crippen LogP contribution in [0, 0.1) is 0 Å². The van der Waals surface area contributed by atoms with Crippen LogP contribution >= 0.6 is 0 Å². The Hall–Kier alpha value is -1.65. The van der Waals surface area contributed by atoms with E-state index in [1.807, 2.05) is 0 Å². The number of H-pyrrole nitrogens is 1. The van der Waals surface area contributed by atoms with Gasteiger partial charge in [-0.2, -0.15) is 10.2 Å². The van der Waals surface area contributed by atoms with Gasteiger partial charge in [-0.25, -0.2) is 4.98 Å². The maximum atomic E-state index is 10.8. The molecular formula is C5H3N4O-. The maximum Gasteiger partial charge on any atom is 0.103 e. The van der Waals surface area contributed by atoms with Gasteiger partial charge in [0.05, 0.1) is 18.0 Å². The summed E-state index contributed by atoms with van der Waals surface area (Å²) >= 11 is 0. The van der Waals surface area contributed by atoms with E-state index in [9.17, 15) is 5.11 Å². The standard InChI is InChI=1S/C5H4N4O/c10-5-4-3(1-8-9-5)6-2-7-4/h1-2H,(H,6,7)(H,9,10)/p-1. The van der Waals surface area contributed by atoms with E-state index in [2.05, 4.69) is 20.2 Å². The van der Waals surface area contributed by atoms with Gasteiger partial charge in [0.15, 0.2) is 0 Å². The quantitative estimate of drug-likeness (QED) is 0.524. The zero-order chi connectivity index (χ0) is 6.97. The van der Waals surface area contributed by atoms with Crippen molar-refractivity contribution in [2.24, 2.45) is 0 Å². The minimum atomic E-state index is -0.390. The molecule has 2 aromatic rings. The van der Waals surface area contributed by atoms with Crippen molar-refractivity contribution in [2.75, 3.05) is 0 Å². The maximum absolute atomic E-state index is 10.8. The second-order valence-electron chi connectivity index (χ2n) is 1.81. The topological polar surface area (TPSA) is 77.5 Å². The van der Waals surface area contributed by atoms with Crippen LogP contribution in [0.15, 0.2) is 12.5 Å². The van der Waals surface area contributed by atoms with Crippen molar-refractivity contribution in [3.05, 3.63) is 12.5 Å². The molecule has 50 valence electrons. The summed E-state index contributed by atoms with van der Waals surface area (Å²) in [7, 11) is 0. The number of aromatic nitrogens is 4. The zero-order valence-electron chi connectivity index (χ0n) is 4.90. The van der Waals surface area contributed by atoms with Crippen molar-refractivity contribution in [3.8, 4) is 5.88 Å². The molecule has 0 fully saturated rings. The molecule has 0 atom stereocenters. The summed E-state index contributed by atoms with van der Waals surface area (Å²) in [6.07, 6.45) is 2.90. The highest BCUT2D eigenvalue weighted by Crippen LogP contribution is 2.11. The zero-order valence-corrected chi connectivity index (χ0v) is 4.90. The summed E-state index contributed by atoms with van der Waals surface area (Å²) in [6, 6.07) is 0. The molecule has 0 aliphatic heterocycles. The molecule has 0 spiro atoms. The molecule has 2 rings (SSSR count). The molecule has 0 unspecified atom stereocenters. The van der Waals surface area contributed by atoms with E-state index in [1.54, 1.807) is 0 Å². The molecule has 0 saturated carbocycles. The van der Waals surface area contributed by atoms with Gasteiger partial charge < -0.3 is 10.1 Å². The summed E-state index contributed by atoms with van der Waals surface area (Å²) in [5.74, 6) is -0.390. The lowest BCUT2D eigenvalue weighted by molar-refractivity contribution is -0.273. The number of hydrogen-bond donors (Lipinski definition) is 1. The molecule has 5 nitrogen and oxygen atoms in total. The summed E-state index contributed by atoms with van der Waals surface area (Å²) in [5.41, 5.74) is 0.968. The van der Waals surface area contributed by atoms with Gasteiger partial charge in [-0.15, -0.1) is 0 Å². The smallest absolute Gasteiger partial charge is 0.103 e.